The minimum atomic E-state index is -0.711. The van der Waals surface area contributed by atoms with Gasteiger partial charge in [0.15, 0.2) is 0 Å². The van der Waals surface area contributed by atoms with E-state index in [-0.39, 0.29) is 18.4 Å². The summed E-state index contributed by atoms with van der Waals surface area (Å²) in [6.07, 6.45) is 1.46. The number of amides is 1. The molecule has 0 saturated carbocycles. The lowest BCUT2D eigenvalue weighted by molar-refractivity contribution is -0.127. The van der Waals surface area contributed by atoms with Crippen LogP contribution in [0.25, 0.3) is 11.0 Å². The summed E-state index contributed by atoms with van der Waals surface area (Å²) in [5, 5.41) is 10.8. The minimum absolute atomic E-state index is 0.00742. The highest BCUT2D eigenvalue weighted by Crippen LogP contribution is 2.30. The van der Waals surface area contributed by atoms with Crippen LogP contribution in [0.5, 0.6) is 5.75 Å². The second kappa shape index (κ2) is 8.94. The molecule has 162 valence electrons. The summed E-state index contributed by atoms with van der Waals surface area (Å²) in [5.41, 5.74) is 3.99. The number of likely N-dealkylation sites (tertiary alicyclic amines) is 1. The summed E-state index contributed by atoms with van der Waals surface area (Å²) in [7, 11) is 0. The molecule has 2 heterocycles. The number of nitrogens with zero attached hydrogens (tertiary/aromatic N) is 3. The predicted octanol–water partition coefficient (Wildman–Crippen LogP) is 3.59. The average Bonchev–Trinajstić information content (AvgIpc) is 3.29. The van der Waals surface area contributed by atoms with Crippen LogP contribution >= 0.6 is 0 Å². The number of carbonyl (C=O) groups excluding carboxylic acids is 1. The van der Waals surface area contributed by atoms with Crippen LogP contribution in [0.3, 0.4) is 0 Å². The summed E-state index contributed by atoms with van der Waals surface area (Å²) in [5.74, 6) is 1.73. The third-order valence-corrected chi connectivity index (χ3v) is 5.78. The lowest BCUT2D eigenvalue weighted by Gasteiger charge is -2.19. The van der Waals surface area contributed by atoms with Gasteiger partial charge in [0.1, 0.15) is 24.3 Å². The first-order valence-electron chi connectivity index (χ1n) is 10.7. The molecule has 31 heavy (non-hydrogen) atoms. The van der Waals surface area contributed by atoms with Crippen LogP contribution < -0.4 is 4.74 Å². The van der Waals surface area contributed by atoms with Crippen molar-refractivity contribution in [2.75, 3.05) is 19.7 Å². The SMILES string of the molecule is C=CCN1CC(c2nc3ccccc3n2CC(O)COc2cc(C)ccc2C)CC1=O. The Morgan fingerprint density at radius 1 is 1.29 bits per heavy atom. The van der Waals surface area contributed by atoms with E-state index in [4.69, 9.17) is 9.72 Å². The summed E-state index contributed by atoms with van der Waals surface area (Å²) < 4.78 is 7.96. The molecule has 2 unspecified atom stereocenters. The first-order valence-corrected chi connectivity index (χ1v) is 10.7. The molecule has 2 atom stereocenters. The molecule has 0 spiro atoms. The van der Waals surface area contributed by atoms with Gasteiger partial charge in [-0.1, -0.05) is 30.3 Å². The number of para-hydroxylation sites is 2. The van der Waals surface area contributed by atoms with Crippen molar-refractivity contribution in [1.29, 1.82) is 0 Å². The van der Waals surface area contributed by atoms with Crippen molar-refractivity contribution in [3.63, 3.8) is 0 Å². The number of aryl methyl sites for hydroxylation is 2. The average molecular weight is 420 g/mol. The topological polar surface area (TPSA) is 67.6 Å². The summed E-state index contributed by atoms with van der Waals surface area (Å²) in [6.45, 7) is 9.45. The van der Waals surface area contributed by atoms with E-state index in [2.05, 4.69) is 6.58 Å². The molecule has 2 aromatic carbocycles. The Kier molecular flexibility index (Phi) is 6.09. The lowest BCUT2D eigenvalue weighted by atomic mass is 10.1. The molecule has 1 aromatic heterocycles. The number of rotatable bonds is 8. The van der Waals surface area contributed by atoms with E-state index in [1.807, 2.05) is 60.9 Å². The fourth-order valence-electron chi connectivity index (χ4n) is 4.19. The second-order valence-corrected chi connectivity index (χ2v) is 8.29. The zero-order valence-corrected chi connectivity index (χ0v) is 18.1. The van der Waals surface area contributed by atoms with Crippen molar-refractivity contribution >= 4 is 16.9 Å². The fourth-order valence-corrected chi connectivity index (χ4v) is 4.19. The first-order chi connectivity index (χ1) is 15.0. The molecule has 6 heteroatoms. The number of hydrogen-bond donors (Lipinski definition) is 1. The highest BCUT2D eigenvalue weighted by Gasteiger charge is 2.33. The highest BCUT2D eigenvalue weighted by atomic mass is 16.5. The normalized spacial score (nSPS) is 17.3. The van der Waals surface area contributed by atoms with E-state index in [0.717, 1.165) is 33.7 Å². The molecular weight excluding hydrogens is 390 g/mol. The lowest BCUT2D eigenvalue weighted by Crippen LogP contribution is -2.27. The van der Waals surface area contributed by atoms with Gasteiger partial charge in [-0.25, -0.2) is 4.98 Å². The van der Waals surface area contributed by atoms with Crippen LogP contribution in [0.15, 0.2) is 55.1 Å². The number of ether oxygens (including phenoxy) is 1. The number of hydrogen-bond acceptors (Lipinski definition) is 4. The van der Waals surface area contributed by atoms with E-state index < -0.39 is 6.10 Å². The Bertz CT molecular complexity index is 1100. The van der Waals surface area contributed by atoms with Gasteiger partial charge in [0.2, 0.25) is 5.91 Å². The van der Waals surface area contributed by atoms with E-state index in [0.29, 0.717) is 26.1 Å². The van der Waals surface area contributed by atoms with Crippen LogP contribution in [0.4, 0.5) is 0 Å². The molecule has 1 aliphatic rings. The molecule has 0 bridgehead atoms. The number of carbonyl (C=O) groups is 1. The van der Waals surface area contributed by atoms with E-state index in [1.54, 1.807) is 11.0 Å². The van der Waals surface area contributed by atoms with Crippen molar-refractivity contribution in [3.8, 4) is 5.75 Å². The molecule has 6 nitrogen and oxygen atoms in total. The van der Waals surface area contributed by atoms with Crippen LogP contribution in [-0.2, 0) is 11.3 Å². The number of imidazole rings is 1. The minimum Gasteiger partial charge on any atom is -0.491 e. The van der Waals surface area contributed by atoms with Crippen LogP contribution in [-0.4, -0.2) is 51.3 Å². The zero-order valence-electron chi connectivity index (χ0n) is 18.1. The Morgan fingerprint density at radius 3 is 2.90 bits per heavy atom. The molecule has 1 N–H and O–H groups in total. The number of aromatic nitrogens is 2. The standard InChI is InChI=1S/C25H29N3O3/c1-4-11-27-14-19(13-24(27)30)25-26-21-7-5-6-8-22(21)28(25)15-20(29)16-31-23-12-17(2)9-10-18(23)3/h4-10,12,19-20,29H,1,11,13-16H2,2-3H3. The van der Waals surface area contributed by atoms with E-state index >= 15 is 0 Å². The van der Waals surface area contributed by atoms with E-state index in [1.165, 1.54) is 0 Å². The van der Waals surface area contributed by atoms with Gasteiger partial charge in [-0.2, -0.15) is 0 Å². The molecule has 1 fully saturated rings. The summed E-state index contributed by atoms with van der Waals surface area (Å²) in [6, 6.07) is 13.9. The number of benzene rings is 2. The Labute approximate surface area is 182 Å². The van der Waals surface area contributed by atoms with Crippen molar-refractivity contribution in [2.45, 2.75) is 38.8 Å². The maximum Gasteiger partial charge on any atom is 0.223 e. The van der Waals surface area contributed by atoms with Crippen LogP contribution in [0.1, 0.15) is 29.3 Å². The molecule has 0 aliphatic carbocycles. The largest absolute Gasteiger partial charge is 0.491 e. The van der Waals surface area contributed by atoms with Crippen molar-refractivity contribution in [2.24, 2.45) is 0 Å². The van der Waals surface area contributed by atoms with Crippen LogP contribution in [0, 0.1) is 13.8 Å². The van der Waals surface area contributed by atoms with Gasteiger partial charge < -0.3 is 19.3 Å². The third-order valence-electron chi connectivity index (χ3n) is 5.78. The van der Waals surface area contributed by atoms with Gasteiger partial charge in [0, 0.05) is 25.4 Å². The van der Waals surface area contributed by atoms with Crippen molar-refractivity contribution < 1.29 is 14.6 Å². The van der Waals surface area contributed by atoms with Gasteiger partial charge in [-0.15, -0.1) is 6.58 Å². The Hall–Kier alpha value is -3.12. The number of fused-ring (bicyclic) bond motifs is 1. The predicted molar refractivity (Wildman–Crippen MR) is 121 cm³/mol. The third kappa shape index (κ3) is 4.49. The van der Waals surface area contributed by atoms with Crippen LogP contribution in [0.2, 0.25) is 0 Å². The van der Waals surface area contributed by atoms with Crippen molar-refractivity contribution in [3.05, 3.63) is 72.1 Å². The molecule has 1 saturated heterocycles. The second-order valence-electron chi connectivity index (χ2n) is 8.29. The number of aliphatic hydroxyl groups excluding tert-OH is 1. The highest BCUT2D eigenvalue weighted by molar-refractivity contribution is 5.81. The van der Waals surface area contributed by atoms with Gasteiger partial charge in [-0.3, -0.25) is 4.79 Å². The smallest absolute Gasteiger partial charge is 0.223 e. The fraction of sp³-hybridized carbons (Fsp3) is 0.360. The Balaban J connectivity index is 1.55. The van der Waals surface area contributed by atoms with Gasteiger partial charge in [-0.05, 0) is 43.2 Å². The van der Waals surface area contributed by atoms with Gasteiger partial charge in [0.05, 0.1) is 17.6 Å². The quantitative estimate of drug-likeness (QED) is 0.567. The number of aliphatic hydroxyl groups is 1. The maximum atomic E-state index is 12.4. The Morgan fingerprint density at radius 2 is 2.10 bits per heavy atom. The molecule has 1 amide bonds. The van der Waals surface area contributed by atoms with Gasteiger partial charge >= 0.3 is 0 Å². The summed E-state index contributed by atoms with van der Waals surface area (Å²) in [4.78, 5) is 19.0. The molecule has 0 radical (unpaired) electrons. The first kappa shape index (κ1) is 21.1. The molecular formula is C25H29N3O3. The maximum absolute atomic E-state index is 12.4. The zero-order chi connectivity index (χ0) is 22.0. The molecule has 1 aliphatic heterocycles. The molecule has 3 aromatic rings. The molecule has 4 rings (SSSR count). The summed E-state index contributed by atoms with van der Waals surface area (Å²) >= 11 is 0. The monoisotopic (exact) mass is 419 g/mol. The van der Waals surface area contributed by atoms with Crippen molar-refractivity contribution in [1.82, 2.24) is 14.5 Å². The van der Waals surface area contributed by atoms with Gasteiger partial charge in [0.25, 0.3) is 0 Å². The van der Waals surface area contributed by atoms with E-state index in [9.17, 15) is 9.90 Å².